The van der Waals surface area contributed by atoms with Gasteiger partial charge in [0, 0.05) is 5.69 Å². The molecule has 6 heteroatoms. The number of hydrogen-bond acceptors (Lipinski definition) is 5. The Morgan fingerprint density at radius 1 is 1.11 bits per heavy atom. The Hall–Kier alpha value is -3.59. The van der Waals surface area contributed by atoms with E-state index in [1.807, 2.05) is 12.1 Å². The first-order valence-electron chi connectivity index (χ1n) is 8.38. The average molecular weight is 364 g/mol. The molecule has 2 aromatic carbocycles. The Balaban J connectivity index is 1.99. The topological polar surface area (TPSA) is 88.4 Å². The number of benzene rings is 2. The molecule has 1 N–H and O–H groups in total. The van der Waals surface area contributed by atoms with Gasteiger partial charge in [0.05, 0.1) is 6.10 Å². The first kappa shape index (κ1) is 19.7. The highest BCUT2D eigenvalue weighted by Gasteiger charge is 2.10. The van der Waals surface area contributed by atoms with Gasteiger partial charge in [0.15, 0.2) is 6.61 Å². The summed E-state index contributed by atoms with van der Waals surface area (Å²) in [6.07, 6.45) is 1.29. The van der Waals surface area contributed by atoms with E-state index in [0.29, 0.717) is 17.0 Å². The number of para-hydroxylation sites is 1. The van der Waals surface area contributed by atoms with Crippen molar-refractivity contribution in [2.75, 3.05) is 11.9 Å². The number of rotatable bonds is 7. The molecule has 0 fully saturated rings. The van der Waals surface area contributed by atoms with E-state index in [0.717, 1.165) is 0 Å². The number of carbonyl (C=O) groups is 2. The molecule has 27 heavy (non-hydrogen) atoms. The fourth-order valence-corrected chi connectivity index (χ4v) is 2.13. The number of hydrogen-bond donors (Lipinski definition) is 1. The first-order valence-corrected chi connectivity index (χ1v) is 8.38. The second-order valence-electron chi connectivity index (χ2n) is 5.89. The van der Waals surface area contributed by atoms with E-state index in [9.17, 15) is 14.9 Å². The zero-order valence-electron chi connectivity index (χ0n) is 15.1. The summed E-state index contributed by atoms with van der Waals surface area (Å²) in [5.41, 5.74) is 1.25. The summed E-state index contributed by atoms with van der Waals surface area (Å²) in [5, 5.41) is 11.9. The Morgan fingerprint density at radius 2 is 1.78 bits per heavy atom. The number of anilines is 1. The third-order valence-corrected chi connectivity index (χ3v) is 3.31. The number of esters is 1. The summed E-state index contributed by atoms with van der Waals surface area (Å²) in [6, 6.07) is 17.5. The van der Waals surface area contributed by atoms with Crippen LogP contribution in [0.4, 0.5) is 5.69 Å². The Kier molecular flexibility index (Phi) is 7.15. The molecule has 0 saturated heterocycles. The molecule has 0 spiro atoms. The summed E-state index contributed by atoms with van der Waals surface area (Å²) < 4.78 is 10.3. The van der Waals surface area contributed by atoms with Crippen molar-refractivity contribution in [2.24, 2.45) is 0 Å². The SMILES string of the molecule is CC(C)OC(=O)COc1ccc(/C=C(/C#N)C(=O)Nc2ccccc2)cc1. The van der Waals surface area contributed by atoms with E-state index in [4.69, 9.17) is 9.47 Å². The quantitative estimate of drug-likeness (QED) is 0.461. The van der Waals surface area contributed by atoms with Crippen LogP contribution in [0, 0.1) is 11.3 Å². The smallest absolute Gasteiger partial charge is 0.344 e. The molecule has 0 aliphatic heterocycles. The molecule has 0 bridgehead atoms. The van der Waals surface area contributed by atoms with Crippen LogP contribution in [0.1, 0.15) is 19.4 Å². The molecular formula is C21H20N2O4. The predicted octanol–water partition coefficient (Wildman–Crippen LogP) is 3.56. The van der Waals surface area contributed by atoms with Crippen molar-refractivity contribution in [3.8, 4) is 11.8 Å². The van der Waals surface area contributed by atoms with Crippen molar-refractivity contribution in [3.05, 3.63) is 65.7 Å². The van der Waals surface area contributed by atoms with Crippen LogP contribution >= 0.6 is 0 Å². The van der Waals surface area contributed by atoms with Gasteiger partial charge in [0.1, 0.15) is 17.4 Å². The molecular weight excluding hydrogens is 344 g/mol. The molecule has 0 aromatic heterocycles. The van der Waals surface area contributed by atoms with E-state index in [1.165, 1.54) is 6.08 Å². The standard InChI is InChI=1S/C21H20N2O4/c1-15(2)27-20(24)14-26-19-10-8-16(9-11-19)12-17(13-22)21(25)23-18-6-4-3-5-7-18/h3-12,15H,14H2,1-2H3,(H,23,25)/b17-12-. The lowest BCUT2D eigenvalue weighted by Gasteiger charge is -2.09. The number of carbonyl (C=O) groups excluding carboxylic acids is 2. The van der Waals surface area contributed by atoms with Crippen LogP contribution in [0.3, 0.4) is 0 Å². The molecule has 0 atom stereocenters. The largest absolute Gasteiger partial charge is 0.482 e. The monoisotopic (exact) mass is 364 g/mol. The van der Waals surface area contributed by atoms with Crippen molar-refractivity contribution in [1.29, 1.82) is 5.26 Å². The number of nitriles is 1. The van der Waals surface area contributed by atoms with Gasteiger partial charge < -0.3 is 14.8 Å². The van der Waals surface area contributed by atoms with E-state index in [-0.39, 0.29) is 18.3 Å². The zero-order chi connectivity index (χ0) is 19.6. The van der Waals surface area contributed by atoms with Gasteiger partial charge in [-0.05, 0) is 49.8 Å². The van der Waals surface area contributed by atoms with Gasteiger partial charge in [-0.3, -0.25) is 4.79 Å². The maximum Gasteiger partial charge on any atom is 0.344 e. The number of amides is 1. The minimum absolute atomic E-state index is 0.0203. The average Bonchev–Trinajstić information content (AvgIpc) is 2.65. The molecule has 0 heterocycles. The van der Waals surface area contributed by atoms with Gasteiger partial charge in [0.2, 0.25) is 0 Å². The third-order valence-electron chi connectivity index (χ3n) is 3.31. The minimum Gasteiger partial charge on any atom is -0.482 e. The van der Waals surface area contributed by atoms with E-state index < -0.39 is 11.9 Å². The van der Waals surface area contributed by atoms with Crippen molar-refractivity contribution >= 4 is 23.6 Å². The van der Waals surface area contributed by atoms with Gasteiger partial charge in [-0.25, -0.2) is 4.79 Å². The van der Waals surface area contributed by atoms with Gasteiger partial charge in [0.25, 0.3) is 5.91 Å². The van der Waals surface area contributed by atoms with Crippen molar-refractivity contribution in [2.45, 2.75) is 20.0 Å². The normalized spacial score (nSPS) is 10.8. The second kappa shape index (κ2) is 9.78. The lowest BCUT2D eigenvalue weighted by atomic mass is 10.1. The molecule has 0 aliphatic rings. The van der Waals surface area contributed by atoms with E-state index in [2.05, 4.69) is 5.32 Å². The zero-order valence-corrected chi connectivity index (χ0v) is 15.1. The Morgan fingerprint density at radius 3 is 2.37 bits per heavy atom. The highest BCUT2D eigenvalue weighted by Crippen LogP contribution is 2.16. The molecule has 0 radical (unpaired) electrons. The number of nitrogens with one attached hydrogen (secondary N) is 1. The molecule has 2 rings (SSSR count). The number of ether oxygens (including phenoxy) is 2. The van der Waals surface area contributed by atoms with E-state index >= 15 is 0 Å². The van der Waals surface area contributed by atoms with Crippen LogP contribution in [-0.4, -0.2) is 24.6 Å². The van der Waals surface area contributed by atoms with Gasteiger partial charge in [-0.15, -0.1) is 0 Å². The molecule has 0 unspecified atom stereocenters. The maximum absolute atomic E-state index is 12.2. The predicted molar refractivity (Wildman–Crippen MR) is 102 cm³/mol. The number of nitrogens with zero attached hydrogens (tertiary/aromatic N) is 1. The highest BCUT2D eigenvalue weighted by atomic mass is 16.6. The highest BCUT2D eigenvalue weighted by molar-refractivity contribution is 6.09. The van der Waals surface area contributed by atoms with Crippen LogP contribution in [0.25, 0.3) is 6.08 Å². The molecule has 1 amide bonds. The van der Waals surface area contributed by atoms with Crippen molar-refractivity contribution < 1.29 is 19.1 Å². The van der Waals surface area contributed by atoms with Crippen LogP contribution < -0.4 is 10.1 Å². The maximum atomic E-state index is 12.2. The molecule has 0 aliphatic carbocycles. The molecule has 2 aromatic rings. The minimum atomic E-state index is -0.486. The summed E-state index contributed by atoms with van der Waals surface area (Å²) in [4.78, 5) is 23.7. The fourth-order valence-electron chi connectivity index (χ4n) is 2.13. The lowest BCUT2D eigenvalue weighted by molar-refractivity contribution is -0.149. The lowest BCUT2D eigenvalue weighted by Crippen LogP contribution is -2.18. The third kappa shape index (κ3) is 6.67. The summed E-state index contributed by atoms with van der Waals surface area (Å²) >= 11 is 0. The first-order chi connectivity index (χ1) is 13.0. The molecule has 0 saturated carbocycles. The van der Waals surface area contributed by atoms with E-state index in [1.54, 1.807) is 62.4 Å². The Bertz CT molecular complexity index is 850. The fraction of sp³-hybridized carbons (Fsp3) is 0.190. The molecule has 6 nitrogen and oxygen atoms in total. The summed E-state index contributed by atoms with van der Waals surface area (Å²) in [5.74, 6) is -0.445. The summed E-state index contributed by atoms with van der Waals surface area (Å²) in [7, 11) is 0. The second-order valence-corrected chi connectivity index (χ2v) is 5.89. The van der Waals surface area contributed by atoms with Crippen molar-refractivity contribution in [1.82, 2.24) is 0 Å². The van der Waals surface area contributed by atoms with Crippen LogP contribution in [-0.2, 0) is 14.3 Å². The van der Waals surface area contributed by atoms with Crippen LogP contribution in [0.15, 0.2) is 60.2 Å². The van der Waals surface area contributed by atoms with Gasteiger partial charge in [-0.1, -0.05) is 30.3 Å². The summed E-state index contributed by atoms with van der Waals surface area (Å²) in [6.45, 7) is 3.34. The van der Waals surface area contributed by atoms with Gasteiger partial charge >= 0.3 is 5.97 Å². The van der Waals surface area contributed by atoms with Crippen LogP contribution in [0.5, 0.6) is 5.75 Å². The van der Waals surface area contributed by atoms with Crippen LogP contribution in [0.2, 0.25) is 0 Å². The Labute approximate surface area is 158 Å². The van der Waals surface area contributed by atoms with Crippen molar-refractivity contribution in [3.63, 3.8) is 0 Å². The molecule has 138 valence electrons. The van der Waals surface area contributed by atoms with Gasteiger partial charge in [-0.2, -0.15) is 5.26 Å².